The summed E-state index contributed by atoms with van der Waals surface area (Å²) in [6.45, 7) is 4.77. The van der Waals surface area contributed by atoms with Crippen LogP contribution in [0.3, 0.4) is 0 Å². The highest BCUT2D eigenvalue weighted by Gasteiger charge is 2.39. The first-order valence-corrected chi connectivity index (χ1v) is 9.76. The number of imidazole rings is 1. The largest absolute Gasteiger partial charge is 0.395 e. The van der Waals surface area contributed by atoms with Crippen LogP contribution in [0.4, 0.5) is 5.95 Å². The number of rotatable bonds is 7. The molecule has 4 rings (SSSR count). The molecular weight excluding hydrogens is 314 g/mol. The van der Waals surface area contributed by atoms with Gasteiger partial charge in [-0.05, 0) is 37.3 Å². The van der Waals surface area contributed by atoms with E-state index >= 15 is 0 Å². The molecule has 136 valence electrons. The van der Waals surface area contributed by atoms with Gasteiger partial charge in [0.15, 0.2) is 0 Å². The molecule has 1 aliphatic heterocycles. The van der Waals surface area contributed by atoms with E-state index in [2.05, 4.69) is 28.5 Å². The lowest BCUT2D eigenvalue weighted by Crippen LogP contribution is -2.49. The average Bonchev–Trinajstić information content (AvgIpc) is 3.43. The molecular formula is C20H29N3O2. The summed E-state index contributed by atoms with van der Waals surface area (Å²) in [4.78, 5) is 7.31. The quantitative estimate of drug-likeness (QED) is 0.839. The summed E-state index contributed by atoms with van der Waals surface area (Å²) in [5.41, 5.74) is 2.11. The maximum atomic E-state index is 9.55. The number of aromatic nitrogens is 2. The van der Waals surface area contributed by atoms with Gasteiger partial charge in [-0.25, -0.2) is 4.98 Å². The van der Waals surface area contributed by atoms with Crippen molar-refractivity contribution in [1.29, 1.82) is 0 Å². The number of benzene rings is 1. The molecule has 2 fully saturated rings. The maximum absolute atomic E-state index is 9.55. The van der Waals surface area contributed by atoms with Crippen LogP contribution in [0.1, 0.15) is 39.0 Å². The zero-order valence-electron chi connectivity index (χ0n) is 15.1. The number of nitrogens with zero attached hydrogens (tertiary/aromatic N) is 3. The first-order valence-electron chi connectivity index (χ1n) is 9.76. The molecule has 0 radical (unpaired) electrons. The zero-order chi connectivity index (χ0) is 17.2. The Kier molecular flexibility index (Phi) is 4.95. The molecule has 5 nitrogen and oxygen atoms in total. The minimum atomic E-state index is 0.128. The first-order chi connectivity index (χ1) is 12.3. The second-order valence-corrected chi connectivity index (χ2v) is 7.46. The van der Waals surface area contributed by atoms with Gasteiger partial charge in [0.1, 0.15) is 0 Å². The smallest absolute Gasteiger partial charge is 0.206 e. The number of morpholine rings is 1. The molecule has 1 N–H and O–H groups in total. The molecule has 1 aliphatic carbocycles. The molecule has 2 atom stereocenters. The van der Waals surface area contributed by atoms with Gasteiger partial charge in [0, 0.05) is 19.6 Å². The Hall–Kier alpha value is -1.59. The summed E-state index contributed by atoms with van der Waals surface area (Å²) in [5.74, 6) is 1.72. The normalized spacial score (nSPS) is 24.2. The van der Waals surface area contributed by atoms with Gasteiger partial charge in [-0.15, -0.1) is 0 Å². The molecule has 1 saturated carbocycles. The molecule has 0 spiro atoms. The molecule has 1 saturated heterocycles. The van der Waals surface area contributed by atoms with Gasteiger partial charge >= 0.3 is 0 Å². The van der Waals surface area contributed by atoms with E-state index in [-0.39, 0.29) is 6.61 Å². The Balaban J connectivity index is 1.64. The minimum absolute atomic E-state index is 0.128. The molecule has 2 aliphatic rings. The molecule has 0 bridgehead atoms. The molecule has 0 unspecified atom stereocenters. The molecule has 1 aromatic carbocycles. The number of hydrogen-bond acceptors (Lipinski definition) is 4. The number of unbranched alkanes of at least 4 members (excludes halogenated alkanes) is 1. The number of aliphatic hydroxyl groups is 1. The van der Waals surface area contributed by atoms with Crippen LogP contribution < -0.4 is 4.90 Å². The topological polar surface area (TPSA) is 50.5 Å². The number of anilines is 1. The number of ether oxygens (including phenoxy) is 1. The average molecular weight is 343 g/mol. The van der Waals surface area contributed by atoms with Crippen molar-refractivity contribution in [2.45, 2.75) is 57.8 Å². The van der Waals surface area contributed by atoms with E-state index in [4.69, 9.17) is 9.72 Å². The standard InChI is InChI=1S/C20H29N3O2/c1-2-3-6-16-13-22(14-19(25-16)15-9-10-15)20-21-17-7-4-5-8-18(17)23(20)11-12-24/h4-5,7-8,15-16,19,24H,2-3,6,9-14H2,1H3/t16-,19-/m1/s1. The van der Waals surface area contributed by atoms with Crippen molar-refractivity contribution in [3.8, 4) is 0 Å². The summed E-state index contributed by atoms with van der Waals surface area (Å²) < 4.78 is 8.58. The van der Waals surface area contributed by atoms with Gasteiger partial charge in [-0.3, -0.25) is 0 Å². The number of aliphatic hydroxyl groups excluding tert-OH is 1. The van der Waals surface area contributed by atoms with Gasteiger partial charge in [0.05, 0.1) is 29.8 Å². The first kappa shape index (κ1) is 16.9. The molecule has 1 aromatic heterocycles. The van der Waals surface area contributed by atoms with Crippen LogP contribution in [0.2, 0.25) is 0 Å². The molecule has 5 heteroatoms. The van der Waals surface area contributed by atoms with Crippen molar-refractivity contribution in [1.82, 2.24) is 9.55 Å². The SMILES string of the molecule is CCCC[C@@H]1CN(c2nc3ccccc3n2CCO)C[C@H](C2CC2)O1. The van der Waals surface area contributed by atoms with Crippen LogP contribution in [-0.4, -0.2) is 46.6 Å². The van der Waals surface area contributed by atoms with Gasteiger partial charge in [0.2, 0.25) is 5.95 Å². The van der Waals surface area contributed by atoms with Crippen LogP contribution in [0.5, 0.6) is 0 Å². The van der Waals surface area contributed by atoms with E-state index in [1.165, 1.54) is 25.7 Å². The van der Waals surface area contributed by atoms with Gasteiger partial charge in [-0.1, -0.05) is 31.9 Å². The van der Waals surface area contributed by atoms with Crippen LogP contribution in [0, 0.1) is 5.92 Å². The lowest BCUT2D eigenvalue weighted by molar-refractivity contribution is -0.0415. The highest BCUT2D eigenvalue weighted by molar-refractivity contribution is 5.78. The van der Waals surface area contributed by atoms with Crippen LogP contribution in [-0.2, 0) is 11.3 Å². The monoisotopic (exact) mass is 343 g/mol. The highest BCUT2D eigenvalue weighted by Crippen LogP contribution is 2.38. The Labute approximate surface area is 149 Å². The predicted octanol–water partition coefficient (Wildman–Crippen LogP) is 3.20. The fourth-order valence-corrected chi connectivity index (χ4v) is 3.98. The number of fused-ring (bicyclic) bond motifs is 1. The number of hydrogen-bond donors (Lipinski definition) is 1. The molecule has 2 heterocycles. The maximum Gasteiger partial charge on any atom is 0.206 e. The lowest BCUT2D eigenvalue weighted by Gasteiger charge is -2.39. The highest BCUT2D eigenvalue weighted by atomic mass is 16.5. The van der Waals surface area contributed by atoms with Crippen molar-refractivity contribution in [2.75, 3.05) is 24.6 Å². The summed E-state index contributed by atoms with van der Waals surface area (Å²) in [6, 6.07) is 8.21. The summed E-state index contributed by atoms with van der Waals surface area (Å²) in [5, 5.41) is 9.55. The van der Waals surface area contributed by atoms with Gasteiger partial charge in [-0.2, -0.15) is 0 Å². The summed E-state index contributed by atoms with van der Waals surface area (Å²) in [6.07, 6.45) is 6.76. The molecule has 0 amide bonds. The Bertz CT molecular complexity index is 710. The van der Waals surface area contributed by atoms with E-state index < -0.39 is 0 Å². The molecule has 2 aromatic rings. The van der Waals surface area contributed by atoms with Crippen LogP contribution >= 0.6 is 0 Å². The second-order valence-electron chi connectivity index (χ2n) is 7.46. The van der Waals surface area contributed by atoms with E-state index in [1.807, 2.05) is 12.1 Å². The van der Waals surface area contributed by atoms with Gasteiger partial charge < -0.3 is 19.3 Å². The van der Waals surface area contributed by atoms with Crippen molar-refractivity contribution in [3.63, 3.8) is 0 Å². The lowest BCUT2D eigenvalue weighted by atomic mass is 10.1. The Morgan fingerprint density at radius 1 is 1.24 bits per heavy atom. The summed E-state index contributed by atoms with van der Waals surface area (Å²) >= 11 is 0. The van der Waals surface area contributed by atoms with E-state index in [0.29, 0.717) is 18.8 Å². The van der Waals surface area contributed by atoms with E-state index in [9.17, 15) is 5.11 Å². The van der Waals surface area contributed by atoms with Crippen molar-refractivity contribution < 1.29 is 9.84 Å². The van der Waals surface area contributed by atoms with Crippen LogP contribution in [0.25, 0.3) is 11.0 Å². The third kappa shape index (κ3) is 3.53. The Morgan fingerprint density at radius 2 is 2.08 bits per heavy atom. The third-order valence-electron chi connectivity index (χ3n) is 5.46. The zero-order valence-corrected chi connectivity index (χ0v) is 15.1. The van der Waals surface area contributed by atoms with Crippen molar-refractivity contribution in [2.24, 2.45) is 5.92 Å². The summed E-state index contributed by atoms with van der Waals surface area (Å²) in [7, 11) is 0. The Morgan fingerprint density at radius 3 is 2.84 bits per heavy atom. The van der Waals surface area contributed by atoms with E-state index in [0.717, 1.165) is 42.4 Å². The van der Waals surface area contributed by atoms with Crippen LogP contribution in [0.15, 0.2) is 24.3 Å². The van der Waals surface area contributed by atoms with Gasteiger partial charge in [0.25, 0.3) is 0 Å². The minimum Gasteiger partial charge on any atom is -0.395 e. The van der Waals surface area contributed by atoms with Crippen molar-refractivity contribution in [3.05, 3.63) is 24.3 Å². The van der Waals surface area contributed by atoms with E-state index in [1.54, 1.807) is 0 Å². The second kappa shape index (κ2) is 7.34. The molecule has 25 heavy (non-hydrogen) atoms. The van der Waals surface area contributed by atoms with Crippen molar-refractivity contribution >= 4 is 17.0 Å². The third-order valence-corrected chi connectivity index (χ3v) is 5.46. The fraction of sp³-hybridized carbons (Fsp3) is 0.650. The predicted molar refractivity (Wildman–Crippen MR) is 99.9 cm³/mol. The number of para-hydroxylation sites is 2. The fourth-order valence-electron chi connectivity index (χ4n) is 3.98.